The number of ether oxygens (including phenoxy) is 2. The zero-order valence-electron chi connectivity index (χ0n) is 13.0. The highest BCUT2D eigenvalue weighted by Gasteiger charge is 2.26. The summed E-state index contributed by atoms with van der Waals surface area (Å²) in [7, 11) is 3.24. The van der Waals surface area contributed by atoms with Crippen LogP contribution < -0.4 is 9.47 Å². The third kappa shape index (κ3) is 2.43. The Balaban J connectivity index is 1.87. The highest BCUT2D eigenvalue weighted by Crippen LogP contribution is 2.33. The van der Waals surface area contributed by atoms with Crippen LogP contribution in [0.15, 0.2) is 28.9 Å². The first kappa shape index (κ1) is 14.5. The molecule has 0 atom stereocenters. The van der Waals surface area contributed by atoms with Crippen molar-refractivity contribution in [1.82, 2.24) is 4.90 Å². The lowest BCUT2D eigenvalue weighted by molar-refractivity contribution is 0.0701. The predicted octanol–water partition coefficient (Wildman–Crippen LogP) is 2.80. The van der Waals surface area contributed by atoms with Crippen molar-refractivity contribution in [3.05, 3.63) is 46.9 Å². The van der Waals surface area contributed by atoms with Crippen molar-refractivity contribution in [3.8, 4) is 11.5 Å². The lowest BCUT2D eigenvalue weighted by Gasteiger charge is -2.29. The largest absolute Gasteiger partial charge is 0.493 e. The van der Waals surface area contributed by atoms with Gasteiger partial charge in [-0.2, -0.15) is 0 Å². The molecule has 0 saturated heterocycles. The van der Waals surface area contributed by atoms with E-state index in [2.05, 4.69) is 0 Å². The van der Waals surface area contributed by atoms with Gasteiger partial charge in [-0.25, -0.2) is 0 Å². The van der Waals surface area contributed by atoms with E-state index in [1.165, 1.54) is 5.56 Å². The standard InChI is InChI=1S/C17H19NO4/c1-11-5-7-22-16(11)17(19)18-6-4-12-8-14(20-2)15(21-3)9-13(12)10-18/h5,7-9H,4,6,10H2,1-3H3. The Morgan fingerprint density at radius 3 is 2.45 bits per heavy atom. The lowest BCUT2D eigenvalue weighted by Crippen LogP contribution is -2.36. The van der Waals surface area contributed by atoms with E-state index in [0.717, 1.165) is 23.3 Å². The van der Waals surface area contributed by atoms with Gasteiger partial charge in [-0.3, -0.25) is 4.79 Å². The van der Waals surface area contributed by atoms with E-state index in [1.807, 2.05) is 19.1 Å². The number of hydrogen-bond acceptors (Lipinski definition) is 4. The summed E-state index contributed by atoms with van der Waals surface area (Å²) in [5.74, 6) is 1.76. The Labute approximate surface area is 129 Å². The van der Waals surface area contributed by atoms with E-state index in [1.54, 1.807) is 31.4 Å². The van der Waals surface area contributed by atoms with Gasteiger partial charge in [0.25, 0.3) is 5.91 Å². The van der Waals surface area contributed by atoms with Crippen molar-refractivity contribution < 1.29 is 18.7 Å². The van der Waals surface area contributed by atoms with E-state index >= 15 is 0 Å². The first-order valence-electron chi connectivity index (χ1n) is 7.21. The maximum absolute atomic E-state index is 12.5. The molecule has 0 radical (unpaired) electrons. The first-order chi connectivity index (χ1) is 10.6. The maximum Gasteiger partial charge on any atom is 0.290 e. The van der Waals surface area contributed by atoms with Crippen molar-refractivity contribution in [2.24, 2.45) is 0 Å². The highest BCUT2D eigenvalue weighted by molar-refractivity contribution is 5.93. The summed E-state index contributed by atoms with van der Waals surface area (Å²) in [5.41, 5.74) is 3.14. The molecule has 0 saturated carbocycles. The molecule has 5 nitrogen and oxygen atoms in total. The first-order valence-corrected chi connectivity index (χ1v) is 7.21. The third-order valence-electron chi connectivity index (χ3n) is 4.06. The number of hydrogen-bond donors (Lipinski definition) is 0. The fourth-order valence-corrected chi connectivity index (χ4v) is 2.79. The zero-order valence-corrected chi connectivity index (χ0v) is 13.0. The molecule has 2 aromatic rings. The minimum absolute atomic E-state index is 0.0667. The van der Waals surface area contributed by atoms with Gasteiger partial charge in [0.2, 0.25) is 0 Å². The maximum atomic E-state index is 12.5. The number of furan rings is 1. The Morgan fingerprint density at radius 1 is 1.18 bits per heavy atom. The van der Waals surface area contributed by atoms with Crippen molar-refractivity contribution in [1.29, 1.82) is 0 Å². The van der Waals surface area contributed by atoms with Gasteiger partial charge >= 0.3 is 0 Å². The van der Waals surface area contributed by atoms with Crippen molar-refractivity contribution >= 4 is 5.91 Å². The van der Waals surface area contributed by atoms with Crippen LogP contribution in [0.2, 0.25) is 0 Å². The number of fused-ring (bicyclic) bond motifs is 1. The Bertz CT molecular complexity index is 705. The molecule has 1 aliphatic heterocycles. The minimum Gasteiger partial charge on any atom is -0.493 e. The normalized spacial score (nSPS) is 13.7. The van der Waals surface area contributed by atoms with Crippen LogP contribution in [-0.4, -0.2) is 31.6 Å². The third-order valence-corrected chi connectivity index (χ3v) is 4.06. The van der Waals surface area contributed by atoms with Crippen LogP contribution in [0.5, 0.6) is 11.5 Å². The Morgan fingerprint density at radius 2 is 1.86 bits per heavy atom. The number of benzene rings is 1. The topological polar surface area (TPSA) is 51.9 Å². The van der Waals surface area contributed by atoms with Gasteiger partial charge in [0, 0.05) is 18.7 Å². The molecular formula is C17H19NO4. The molecule has 1 amide bonds. The van der Waals surface area contributed by atoms with E-state index < -0.39 is 0 Å². The zero-order chi connectivity index (χ0) is 15.7. The van der Waals surface area contributed by atoms with Gasteiger partial charge in [-0.05, 0) is 42.7 Å². The molecule has 0 aliphatic carbocycles. The number of nitrogens with zero attached hydrogens (tertiary/aromatic N) is 1. The molecular weight excluding hydrogens is 282 g/mol. The van der Waals surface area contributed by atoms with Crippen LogP contribution in [-0.2, 0) is 13.0 Å². The number of amides is 1. The molecule has 5 heteroatoms. The highest BCUT2D eigenvalue weighted by atomic mass is 16.5. The monoisotopic (exact) mass is 301 g/mol. The average Bonchev–Trinajstić information content (AvgIpc) is 2.98. The van der Waals surface area contributed by atoms with E-state index in [4.69, 9.17) is 13.9 Å². The van der Waals surface area contributed by atoms with Gasteiger partial charge in [0.1, 0.15) is 0 Å². The van der Waals surface area contributed by atoms with Crippen LogP contribution in [0, 0.1) is 6.92 Å². The molecule has 0 spiro atoms. The van der Waals surface area contributed by atoms with Gasteiger partial charge in [0.05, 0.1) is 20.5 Å². The summed E-state index contributed by atoms with van der Waals surface area (Å²) in [4.78, 5) is 14.4. The molecule has 1 aromatic heterocycles. The second kappa shape index (κ2) is 5.75. The predicted molar refractivity (Wildman–Crippen MR) is 81.4 cm³/mol. The number of carbonyl (C=O) groups is 1. The van der Waals surface area contributed by atoms with Gasteiger partial charge in [0.15, 0.2) is 17.3 Å². The molecule has 0 N–H and O–H groups in total. The van der Waals surface area contributed by atoms with Crippen LogP contribution in [0.3, 0.4) is 0 Å². The van der Waals surface area contributed by atoms with Crippen molar-refractivity contribution in [3.63, 3.8) is 0 Å². The number of carbonyl (C=O) groups excluding carboxylic acids is 1. The summed E-state index contributed by atoms with van der Waals surface area (Å²) in [5, 5.41) is 0. The Kier molecular flexibility index (Phi) is 3.79. The molecule has 1 aliphatic rings. The number of aryl methyl sites for hydroxylation is 1. The summed E-state index contributed by atoms with van der Waals surface area (Å²) in [6, 6.07) is 5.75. The second-order valence-electron chi connectivity index (χ2n) is 5.39. The van der Waals surface area contributed by atoms with Crippen LogP contribution in [0.25, 0.3) is 0 Å². The fourth-order valence-electron chi connectivity index (χ4n) is 2.79. The van der Waals surface area contributed by atoms with E-state index in [9.17, 15) is 4.79 Å². The number of rotatable bonds is 3. The fraction of sp³-hybridized carbons (Fsp3) is 0.353. The molecule has 1 aromatic carbocycles. The number of methoxy groups -OCH3 is 2. The van der Waals surface area contributed by atoms with Gasteiger partial charge < -0.3 is 18.8 Å². The SMILES string of the molecule is COc1cc2c(cc1OC)CN(C(=O)c1occc1C)CC2. The second-order valence-corrected chi connectivity index (χ2v) is 5.39. The van der Waals surface area contributed by atoms with Crippen LogP contribution >= 0.6 is 0 Å². The van der Waals surface area contributed by atoms with Crippen LogP contribution in [0.1, 0.15) is 27.2 Å². The van der Waals surface area contributed by atoms with Crippen molar-refractivity contribution in [2.75, 3.05) is 20.8 Å². The molecule has 22 heavy (non-hydrogen) atoms. The molecule has 116 valence electrons. The van der Waals surface area contributed by atoms with E-state index in [-0.39, 0.29) is 5.91 Å². The summed E-state index contributed by atoms with van der Waals surface area (Å²) >= 11 is 0. The molecule has 0 unspecified atom stereocenters. The summed E-state index contributed by atoms with van der Waals surface area (Å²) in [6.45, 7) is 3.10. The summed E-state index contributed by atoms with van der Waals surface area (Å²) < 4.78 is 16.0. The van der Waals surface area contributed by atoms with Crippen molar-refractivity contribution in [2.45, 2.75) is 19.9 Å². The Hall–Kier alpha value is -2.43. The quantitative estimate of drug-likeness (QED) is 0.875. The average molecular weight is 301 g/mol. The smallest absolute Gasteiger partial charge is 0.290 e. The lowest BCUT2D eigenvalue weighted by atomic mass is 9.98. The molecule has 3 rings (SSSR count). The minimum atomic E-state index is -0.0667. The molecule has 0 fully saturated rings. The van der Waals surface area contributed by atoms with Crippen LogP contribution in [0.4, 0.5) is 0 Å². The van der Waals surface area contributed by atoms with Gasteiger partial charge in [-0.15, -0.1) is 0 Å². The van der Waals surface area contributed by atoms with E-state index in [0.29, 0.717) is 24.6 Å². The molecule has 0 bridgehead atoms. The van der Waals surface area contributed by atoms with Gasteiger partial charge in [-0.1, -0.05) is 0 Å². The summed E-state index contributed by atoms with van der Waals surface area (Å²) in [6.07, 6.45) is 2.34. The molecule has 2 heterocycles.